The molecule has 2 saturated heterocycles. The summed E-state index contributed by atoms with van der Waals surface area (Å²) in [6.07, 6.45) is 1.15. The smallest absolute Gasteiger partial charge is 0.333 e. The number of esters is 2. The summed E-state index contributed by atoms with van der Waals surface area (Å²) in [5.74, 6) is -4.82. The lowest BCUT2D eigenvalue weighted by Crippen LogP contribution is -2.31. The molecule has 2 heterocycles. The zero-order valence-corrected chi connectivity index (χ0v) is 19.7. The molecular formula is C22H28N2O12. The Kier molecular flexibility index (Phi) is 11.5. The normalized spacial score (nSPS) is 15.3. The van der Waals surface area contributed by atoms with Crippen LogP contribution in [0.2, 0.25) is 0 Å². The minimum absolute atomic E-state index is 0.0107. The van der Waals surface area contributed by atoms with Crippen molar-refractivity contribution < 1.29 is 57.5 Å². The van der Waals surface area contributed by atoms with E-state index in [0.717, 1.165) is 0 Å². The number of imide groups is 2. The average molecular weight is 512 g/mol. The van der Waals surface area contributed by atoms with E-state index in [1.807, 2.05) is 0 Å². The standard InChI is InChI=1S/C22H28N2O12/c25-15-9-10-16(26)23(15)35-21(31)7-3-1-5-19(29)33-13-14-34-20(30)6-2-4-8-22(32)36-24-17(27)11-12-18(24)28/h1-14H2. The summed E-state index contributed by atoms with van der Waals surface area (Å²) >= 11 is 0. The first kappa shape index (κ1) is 28.4. The summed E-state index contributed by atoms with van der Waals surface area (Å²) in [7, 11) is 0. The van der Waals surface area contributed by atoms with Crippen LogP contribution in [0.4, 0.5) is 0 Å². The molecule has 2 rings (SSSR count). The Labute approximate surface area is 206 Å². The molecule has 36 heavy (non-hydrogen) atoms. The molecule has 14 nitrogen and oxygen atoms in total. The van der Waals surface area contributed by atoms with Crippen molar-refractivity contribution >= 4 is 47.5 Å². The number of amides is 4. The van der Waals surface area contributed by atoms with Crippen LogP contribution in [0, 0.1) is 0 Å². The van der Waals surface area contributed by atoms with E-state index in [1.165, 1.54) is 0 Å². The van der Waals surface area contributed by atoms with Gasteiger partial charge in [0, 0.05) is 51.4 Å². The van der Waals surface area contributed by atoms with Gasteiger partial charge in [-0.2, -0.15) is 0 Å². The van der Waals surface area contributed by atoms with Gasteiger partial charge in [0.25, 0.3) is 23.6 Å². The number of nitrogens with zero attached hydrogens (tertiary/aromatic N) is 2. The fourth-order valence-corrected chi connectivity index (χ4v) is 3.14. The van der Waals surface area contributed by atoms with Gasteiger partial charge >= 0.3 is 23.9 Å². The van der Waals surface area contributed by atoms with Crippen molar-refractivity contribution in [3.05, 3.63) is 0 Å². The predicted octanol–water partition coefficient (Wildman–Crippen LogP) is 0.408. The van der Waals surface area contributed by atoms with Crippen molar-refractivity contribution in [3.63, 3.8) is 0 Å². The van der Waals surface area contributed by atoms with E-state index in [2.05, 4.69) is 0 Å². The summed E-state index contributed by atoms with van der Waals surface area (Å²) in [5.41, 5.74) is 0. The van der Waals surface area contributed by atoms with Gasteiger partial charge in [0.05, 0.1) is 0 Å². The average Bonchev–Trinajstić information content (AvgIpc) is 3.32. The van der Waals surface area contributed by atoms with Gasteiger partial charge in [-0.05, 0) is 25.7 Å². The largest absolute Gasteiger partial charge is 0.462 e. The van der Waals surface area contributed by atoms with Crippen molar-refractivity contribution in [1.82, 2.24) is 10.1 Å². The summed E-state index contributed by atoms with van der Waals surface area (Å²) in [5, 5.41) is 0.932. The van der Waals surface area contributed by atoms with Gasteiger partial charge in [-0.15, -0.1) is 10.1 Å². The van der Waals surface area contributed by atoms with Crippen LogP contribution in [-0.4, -0.2) is 70.8 Å². The number of carbonyl (C=O) groups excluding carboxylic acids is 8. The van der Waals surface area contributed by atoms with Crippen molar-refractivity contribution in [1.29, 1.82) is 0 Å². The van der Waals surface area contributed by atoms with E-state index in [4.69, 9.17) is 19.1 Å². The lowest BCUT2D eigenvalue weighted by molar-refractivity contribution is -0.197. The van der Waals surface area contributed by atoms with Crippen molar-refractivity contribution in [3.8, 4) is 0 Å². The molecule has 0 radical (unpaired) electrons. The van der Waals surface area contributed by atoms with Crippen LogP contribution < -0.4 is 0 Å². The molecule has 0 unspecified atom stereocenters. The Morgan fingerprint density at radius 1 is 0.500 bits per heavy atom. The number of carbonyl (C=O) groups is 8. The molecular weight excluding hydrogens is 484 g/mol. The van der Waals surface area contributed by atoms with Crippen LogP contribution in [-0.2, 0) is 57.5 Å². The van der Waals surface area contributed by atoms with E-state index < -0.39 is 47.5 Å². The topological polar surface area (TPSA) is 180 Å². The van der Waals surface area contributed by atoms with Gasteiger partial charge in [0.2, 0.25) is 0 Å². The molecule has 2 fully saturated rings. The fraction of sp³-hybridized carbons (Fsp3) is 0.636. The van der Waals surface area contributed by atoms with Crippen molar-refractivity contribution in [2.45, 2.75) is 77.0 Å². The Hall–Kier alpha value is -3.84. The molecule has 0 spiro atoms. The van der Waals surface area contributed by atoms with E-state index in [1.54, 1.807) is 0 Å². The maximum Gasteiger partial charge on any atom is 0.333 e. The van der Waals surface area contributed by atoms with Crippen LogP contribution in [0.3, 0.4) is 0 Å². The highest BCUT2D eigenvalue weighted by Crippen LogP contribution is 2.14. The lowest BCUT2D eigenvalue weighted by atomic mass is 10.2. The second kappa shape index (κ2) is 14.5. The van der Waals surface area contributed by atoms with Crippen molar-refractivity contribution in [2.24, 2.45) is 0 Å². The Morgan fingerprint density at radius 3 is 1.08 bits per heavy atom. The summed E-state index contributed by atoms with van der Waals surface area (Å²) in [4.78, 5) is 102. The predicted molar refractivity (Wildman–Crippen MR) is 113 cm³/mol. The number of ether oxygens (including phenoxy) is 2. The Bertz CT molecular complexity index is 795. The van der Waals surface area contributed by atoms with Crippen LogP contribution in [0.5, 0.6) is 0 Å². The second-order valence-electron chi connectivity index (χ2n) is 7.95. The van der Waals surface area contributed by atoms with Gasteiger partial charge in [-0.1, -0.05) is 0 Å². The number of hydrogen-bond acceptors (Lipinski definition) is 12. The monoisotopic (exact) mass is 512 g/mol. The highest BCUT2D eigenvalue weighted by Gasteiger charge is 2.33. The minimum Gasteiger partial charge on any atom is -0.462 e. The third-order valence-corrected chi connectivity index (χ3v) is 5.03. The number of hydroxylamine groups is 4. The van der Waals surface area contributed by atoms with E-state index >= 15 is 0 Å². The summed E-state index contributed by atoms with van der Waals surface area (Å²) in [6.45, 7) is -0.286. The molecule has 2 aliphatic heterocycles. The third kappa shape index (κ3) is 9.80. The molecule has 14 heteroatoms. The molecule has 4 amide bonds. The number of unbranched alkanes of at least 4 members (excludes halogenated alkanes) is 2. The molecule has 0 aromatic rings. The fourth-order valence-electron chi connectivity index (χ4n) is 3.14. The number of hydrogen-bond donors (Lipinski definition) is 0. The zero-order valence-electron chi connectivity index (χ0n) is 19.7. The van der Waals surface area contributed by atoms with Gasteiger partial charge in [-0.3, -0.25) is 28.8 Å². The molecule has 0 N–H and O–H groups in total. The minimum atomic E-state index is -0.743. The van der Waals surface area contributed by atoms with Crippen LogP contribution >= 0.6 is 0 Å². The first-order valence-corrected chi connectivity index (χ1v) is 11.6. The Balaban J connectivity index is 1.42. The van der Waals surface area contributed by atoms with Crippen LogP contribution in [0.15, 0.2) is 0 Å². The lowest BCUT2D eigenvalue weighted by Gasteiger charge is -2.12. The molecule has 2 aliphatic rings. The molecule has 0 aromatic heterocycles. The molecule has 0 saturated carbocycles. The molecule has 0 bridgehead atoms. The maximum absolute atomic E-state index is 11.7. The van der Waals surface area contributed by atoms with E-state index in [-0.39, 0.29) is 77.4 Å². The molecule has 0 aromatic carbocycles. The van der Waals surface area contributed by atoms with E-state index in [9.17, 15) is 38.4 Å². The summed E-state index contributed by atoms with van der Waals surface area (Å²) < 4.78 is 9.84. The van der Waals surface area contributed by atoms with E-state index in [0.29, 0.717) is 23.0 Å². The van der Waals surface area contributed by atoms with Gasteiger partial charge < -0.3 is 19.1 Å². The first-order chi connectivity index (χ1) is 17.2. The maximum atomic E-state index is 11.7. The third-order valence-electron chi connectivity index (χ3n) is 5.03. The highest BCUT2D eigenvalue weighted by atomic mass is 16.7. The molecule has 0 atom stereocenters. The number of rotatable bonds is 15. The zero-order chi connectivity index (χ0) is 26.5. The molecule has 0 aliphatic carbocycles. The molecule has 198 valence electrons. The van der Waals surface area contributed by atoms with Crippen LogP contribution in [0.25, 0.3) is 0 Å². The SMILES string of the molecule is O=C(CCCCC(=O)ON1C(=O)CCC1=O)OCCOC(=O)CCCCC(=O)ON1C(=O)CCC1=O. The van der Waals surface area contributed by atoms with Crippen molar-refractivity contribution in [2.75, 3.05) is 13.2 Å². The second-order valence-corrected chi connectivity index (χ2v) is 7.95. The van der Waals surface area contributed by atoms with Gasteiger partial charge in [0.1, 0.15) is 13.2 Å². The highest BCUT2D eigenvalue weighted by molar-refractivity contribution is 6.02. The first-order valence-electron chi connectivity index (χ1n) is 11.6. The van der Waals surface area contributed by atoms with Gasteiger partial charge in [0.15, 0.2) is 0 Å². The quantitative estimate of drug-likeness (QED) is 0.168. The van der Waals surface area contributed by atoms with Gasteiger partial charge in [-0.25, -0.2) is 9.59 Å². The Morgan fingerprint density at radius 2 is 0.778 bits per heavy atom. The summed E-state index contributed by atoms with van der Waals surface area (Å²) in [6, 6.07) is 0. The van der Waals surface area contributed by atoms with Crippen LogP contribution in [0.1, 0.15) is 77.0 Å².